The molecule has 0 saturated carbocycles. The standard InChI is InChI=1S/C54H35NO/c1-4-25-51-47(22-1)48-23-2-5-26-52(48)55(51)46-21-11-20-44(34-46)42-18-9-16-40(32-42)38-14-7-12-36(30-38)37-13-8-15-39(31-37)41-17-10-19-43(33-41)45-28-29-54-50(35-45)49-24-3-6-27-53(49)56-54/h1-35H. The molecule has 262 valence electrons. The van der Waals surface area contributed by atoms with Gasteiger partial charge in [-0.25, -0.2) is 0 Å². The Balaban J connectivity index is 0.907. The second kappa shape index (κ2) is 13.2. The van der Waals surface area contributed by atoms with Gasteiger partial charge in [0.25, 0.3) is 0 Å². The first-order valence-electron chi connectivity index (χ1n) is 19.2. The van der Waals surface area contributed by atoms with E-state index in [-0.39, 0.29) is 0 Å². The number of para-hydroxylation sites is 3. The lowest BCUT2D eigenvalue weighted by atomic mass is 9.94. The Morgan fingerprint density at radius 2 is 0.625 bits per heavy atom. The van der Waals surface area contributed by atoms with Gasteiger partial charge in [0.2, 0.25) is 0 Å². The van der Waals surface area contributed by atoms with Crippen LogP contribution in [-0.4, -0.2) is 4.57 Å². The average Bonchev–Trinajstić information content (AvgIpc) is 3.82. The molecule has 0 radical (unpaired) electrons. The van der Waals surface area contributed by atoms with Crippen LogP contribution in [0.1, 0.15) is 0 Å². The summed E-state index contributed by atoms with van der Waals surface area (Å²) < 4.78 is 8.48. The quantitative estimate of drug-likeness (QED) is 0.168. The van der Waals surface area contributed by atoms with Gasteiger partial charge in [0.1, 0.15) is 11.2 Å². The lowest BCUT2D eigenvalue weighted by Gasteiger charge is -2.12. The van der Waals surface area contributed by atoms with Crippen molar-refractivity contribution in [2.75, 3.05) is 0 Å². The Morgan fingerprint density at radius 1 is 0.250 bits per heavy atom. The van der Waals surface area contributed by atoms with E-state index in [1.807, 2.05) is 12.1 Å². The van der Waals surface area contributed by atoms with Crippen molar-refractivity contribution in [3.63, 3.8) is 0 Å². The van der Waals surface area contributed by atoms with Crippen LogP contribution >= 0.6 is 0 Å². The topological polar surface area (TPSA) is 18.1 Å². The molecule has 0 atom stereocenters. The Hall–Kier alpha value is -7.42. The third kappa shape index (κ3) is 5.51. The molecule has 2 aromatic heterocycles. The third-order valence-corrected chi connectivity index (χ3v) is 11.2. The summed E-state index contributed by atoms with van der Waals surface area (Å²) in [6.07, 6.45) is 0. The predicted octanol–water partition coefficient (Wildman–Crippen LogP) is 15.0. The van der Waals surface area contributed by atoms with Gasteiger partial charge in [-0.05, 0) is 122 Å². The molecule has 0 aliphatic heterocycles. The van der Waals surface area contributed by atoms with Crippen LogP contribution in [0.15, 0.2) is 217 Å². The van der Waals surface area contributed by atoms with Gasteiger partial charge in [-0.1, -0.05) is 146 Å². The molecule has 0 saturated heterocycles. The number of furan rings is 1. The van der Waals surface area contributed by atoms with E-state index >= 15 is 0 Å². The molecule has 11 aromatic rings. The molecule has 0 aliphatic carbocycles. The molecule has 9 aromatic carbocycles. The molecule has 2 heterocycles. The maximum absolute atomic E-state index is 6.09. The lowest BCUT2D eigenvalue weighted by Crippen LogP contribution is -1.94. The zero-order valence-corrected chi connectivity index (χ0v) is 30.6. The number of hydrogen-bond donors (Lipinski definition) is 0. The van der Waals surface area contributed by atoms with E-state index in [0.29, 0.717) is 0 Å². The largest absolute Gasteiger partial charge is 0.456 e. The average molecular weight is 714 g/mol. The summed E-state index contributed by atoms with van der Waals surface area (Å²) in [6.45, 7) is 0. The van der Waals surface area contributed by atoms with Crippen molar-refractivity contribution in [2.24, 2.45) is 0 Å². The zero-order chi connectivity index (χ0) is 37.0. The molecule has 2 nitrogen and oxygen atoms in total. The molecule has 0 aliphatic rings. The molecule has 0 bridgehead atoms. The van der Waals surface area contributed by atoms with Crippen molar-refractivity contribution < 1.29 is 4.42 Å². The van der Waals surface area contributed by atoms with Crippen LogP contribution in [0.4, 0.5) is 0 Å². The number of benzene rings is 9. The highest BCUT2D eigenvalue weighted by Crippen LogP contribution is 2.37. The summed E-state index contributed by atoms with van der Waals surface area (Å²) in [5.74, 6) is 0. The second-order valence-electron chi connectivity index (χ2n) is 14.6. The first-order chi connectivity index (χ1) is 27.7. The van der Waals surface area contributed by atoms with E-state index in [9.17, 15) is 0 Å². The molecule has 0 unspecified atom stereocenters. The van der Waals surface area contributed by atoms with E-state index in [1.165, 1.54) is 77.4 Å². The normalized spacial score (nSPS) is 11.6. The van der Waals surface area contributed by atoms with Gasteiger partial charge in [-0.2, -0.15) is 0 Å². The highest BCUT2D eigenvalue weighted by atomic mass is 16.3. The second-order valence-corrected chi connectivity index (χ2v) is 14.6. The van der Waals surface area contributed by atoms with Crippen molar-refractivity contribution in [1.29, 1.82) is 0 Å². The van der Waals surface area contributed by atoms with E-state index in [4.69, 9.17) is 4.42 Å². The highest BCUT2D eigenvalue weighted by molar-refractivity contribution is 6.09. The van der Waals surface area contributed by atoms with Gasteiger partial charge in [0, 0.05) is 27.2 Å². The van der Waals surface area contributed by atoms with Crippen LogP contribution < -0.4 is 0 Å². The van der Waals surface area contributed by atoms with Gasteiger partial charge in [0.15, 0.2) is 0 Å². The summed E-state index contributed by atoms with van der Waals surface area (Å²) in [4.78, 5) is 0. The van der Waals surface area contributed by atoms with E-state index < -0.39 is 0 Å². The molecule has 0 spiro atoms. The van der Waals surface area contributed by atoms with Crippen molar-refractivity contribution in [1.82, 2.24) is 4.57 Å². The fourth-order valence-electron chi connectivity index (χ4n) is 8.44. The highest BCUT2D eigenvalue weighted by Gasteiger charge is 2.13. The van der Waals surface area contributed by atoms with Crippen LogP contribution in [0.5, 0.6) is 0 Å². The predicted molar refractivity (Wildman–Crippen MR) is 235 cm³/mol. The summed E-state index contributed by atoms with van der Waals surface area (Å²) in [5, 5.41) is 4.83. The number of rotatable bonds is 6. The smallest absolute Gasteiger partial charge is 0.135 e. The number of hydrogen-bond acceptors (Lipinski definition) is 1. The van der Waals surface area contributed by atoms with Crippen molar-refractivity contribution in [3.05, 3.63) is 212 Å². The van der Waals surface area contributed by atoms with E-state index in [1.54, 1.807) is 0 Å². The minimum atomic E-state index is 0.914. The first kappa shape index (κ1) is 32.0. The summed E-state index contributed by atoms with van der Waals surface area (Å²) in [6, 6.07) is 76.6. The number of fused-ring (bicyclic) bond motifs is 6. The van der Waals surface area contributed by atoms with Crippen molar-refractivity contribution >= 4 is 43.7 Å². The first-order valence-corrected chi connectivity index (χ1v) is 19.2. The minimum Gasteiger partial charge on any atom is -0.456 e. The van der Waals surface area contributed by atoms with Crippen LogP contribution in [0.25, 0.3) is 105 Å². The Bertz CT molecular complexity index is 3220. The van der Waals surface area contributed by atoms with Gasteiger partial charge in [-0.15, -0.1) is 0 Å². The number of aromatic nitrogens is 1. The van der Waals surface area contributed by atoms with Crippen molar-refractivity contribution in [3.8, 4) is 61.3 Å². The lowest BCUT2D eigenvalue weighted by molar-refractivity contribution is 0.669. The van der Waals surface area contributed by atoms with E-state index in [2.05, 4.69) is 205 Å². The molecular weight excluding hydrogens is 679 g/mol. The third-order valence-electron chi connectivity index (χ3n) is 11.2. The minimum absolute atomic E-state index is 0.914. The summed E-state index contributed by atoms with van der Waals surface area (Å²) >= 11 is 0. The Morgan fingerprint density at radius 3 is 1.12 bits per heavy atom. The van der Waals surface area contributed by atoms with Crippen molar-refractivity contribution in [2.45, 2.75) is 0 Å². The molecule has 2 heteroatoms. The molecule has 11 rings (SSSR count). The molecule has 56 heavy (non-hydrogen) atoms. The monoisotopic (exact) mass is 713 g/mol. The fourth-order valence-corrected chi connectivity index (χ4v) is 8.44. The van der Waals surface area contributed by atoms with Gasteiger partial charge < -0.3 is 8.98 Å². The van der Waals surface area contributed by atoms with E-state index in [0.717, 1.165) is 27.6 Å². The van der Waals surface area contributed by atoms with Gasteiger partial charge >= 0.3 is 0 Å². The Kier molecular flexibility index (Phi) is 7.53. The van der Waals surface area contributed by atoms with Crippen LogP contribution in [0.3, 0.4) is 0 Å². The van der Waals surface area contributed by atoms with Gasteiger partial charge in [-0.3, -0.25) is 0 Å². The maximum atomic E-state index is 6.09. The molecule has 0 fully saturated rings. The molecule has 0 amide bonds. The SMILES string of the molecule is c1cc(-c2cccc(-c3cccc(-c4ccc5oc6ccccc6c5c4)c3)c2)cc(-c2cccc(-c3cccc(-n4c5ccccc5c5ccccc54)c3)c2)c1. The number of nitrogens with zero attached hydrogens (tertiary/aromatic N) is 1. The Labute approximate surface area is 325 Å². The van der Waals surface area contributed by atoms with Crippen LogP contribution in [-0.2, 0) is 0 Å². The van der Waals surface area contributed by atoms with Crippen LogP contribution in [0, 0.1) is 0 Å². The zero-order valence-electron chi connectivity index (χ0n) is 30.6. The summed E-state index contributed by atoms with van der Waals surface area (Å²) in [7, 11) is 0. The van der Waals surface area contributed by atoms with Gasteiger partial charge in [0.05, 0.1) is 11.0 Å². The fraction of sp³-hybridized carbons (Fsp3) is 0. The molecule has 0 N–H and O–H groups in total. The summed E-state index contributed by atoms with van der Waals surface area (Å²) in [5.41, 5.74) is 17.3. The van der Waals surface area contributed by atoms with Crippen LogP contribution in [0.2, 0.25) is 0 Å². The maximum Gasteiger partial charge on any atom is 0.135 e. The molecular formula is C54H35NO.